The zero-order valence-electron chi connectivity index (χ0n) is 8.09. The van der Waals surface area contributed by atoms with Crippen LogP contribution in [0.2, 0.25) is 0 Å². The second-order valence-electron chi connectivity index (χ2n) is 3.60. The molecule has 0 aromatic heterocycles. The average molecular weight is 208 g/mol. The maximum Gasteiger partial charge on any atom is 0.337 e. The van der Waals surface area contributed by atoms with Crippen molar-refractivity contribution in [3.63, 3.8) is 0 Å². The van der Waals surface area contributed by atoms with Gasteiger partial charge in [-0.05, 0) is 18.9 Å². The Hall–Kier alpha value is -1.55. The van der Waals surface area contributed by atoms with E-state index in [1.165, 1.54) is 0 Å². The van der Waals surface area contributed by atoms with Crippen molar-refractivity contribution in [3.05, 3.63) is 29.8 Å². The average Bonchev–Trinajstić information content (AvgIpc) is 3.01. The largest absolute Gasteiger partial charge is 0.490 e. The third-order valence-electron chi connectivity index (χ3n) is 2.27. The summed E-state index contributed by atoms with van der Waals surface area (Å²) in [6.45, 7) is 0. The summed E-state index contributed by atoms with van der Waals surface area (Å²) in [5.74, 6) is -0.795. The molecule has 0 radical (unpaired) electrons. The SMILES string of the molecule is O=C(O)C(O)c1ccccc1OC1CC1. The smallest absolute Gasteiger partial charge is 0.337 e. The number of carboxylic acids is 1. The number of aliphatic hydroxyl groups is 1. The van der Waals surface area contributed by atoms with Crippen LogP contribution >= 0.6 is 0 Å². The second kappa shape index (κ2) is 3.90. The van der Waals surface area contributed by atoms with Crippen LogP contribution in [0.5, 0.6) is 5.75 Å². The van der Waals surface area contributed by atoms with Gasteiger partial charge < -0.3 is 14.9 Å². The van der Waals surface area contributed by atoms with Gasteiger partial charge in [-0.25, -0.2) is 4.79 Å². The molecule has 80 valence electrons. The monoisotopic (exact) mass is 208 g/mol. The van der Waals surface area contributed by atoms with Crippen LogP contribution in [0.1, 0.15) is 24.5 Å². The van der Waals surface area contributed by atoms with Crippen molar-refractivity contribution in [1.82, 2.24) is 0 Å². The van der Waals surface area contributed by atoms with Crippen molar-refractivity contribution < 1.29 is 19.7 Å². The third-order valence-corrected chi connectivity index (χ3v) is 2.27. The zero-order valence-corrected chi connectivity index (χ0v) is 8.09. The fraction of sp³-hybridized carbons (Fsp3) is 0.364. The van der Waals surface area contributed by atoms with Crippen molar-refractivity contribution in [2.45, 2.75) is 25.0 Å². The summed E-state index contributed by atoms with van der Waals surface area (Å²) in [5.41, 5.74) is 0.317. The Morgan fingerprint density at radius 2 is 2.07 bits per heavy atom. The van der Waals surface area contributed by atoms with Crippen molar-refractivity contribution in [2.75, 3.05) is 0 Å². The number of ether oxygens (including phenoxy) is 1. The zero-order chi connectivity index (χ0) is 10.8. The molecule has 4 nitrogen and oxygen atoms in total. The molecule has 2 rings (SSSR count). The number of hydrogen-bond donors (Lipinski definition) is 2. The predicted molar refractivity (Wildman–Crippen MR) is 52.7 cm³/mol. The van der Waals surface area contributed by atoms with E-state index >= 15 is 0 Å². The van der Waals surface area contributed by atoms with Gasteiger partial charge in [-0.1, -0.05) is 18.2 Å². The first-order chi connectivity index (χ1) is 7.18. The van der Waals surface area contributed by atoms with Gasteiger partial charge in [-0.2, -0.15) is 0 Å². The van der Waals surface area contributed by atoms with E-state index in [4.69, 9.17) is 9.84 Å². The van der Waals surface area contributed by atoms with Crippen molar-refractivity contribution >= 4 is 5.97 Å². The van der Waals surface area contributed by atoms with Gasteiger partial charge in [0.1, 0.15) is 5.75 Å². The Balaban J connectivity index is 2.23. The van der Waals surface area contributed by atoms with E-state index in [9.17, 15) is 9.90 Å². The highest BCUT2D eigenvalue weighted by Gasteiger charge is 2.27. The second-order valence-corrected chi connectivity index (χ2v) is 3.60. The van der Waals surface area contributed by atoms with Gasteiger partial charge in [-0.3, -0.25) is 0 Å². The summed E-state index contributed by atoms with van der Waals surface area (Å²) < 4.78 is 5.50. The lowest BCUT2D eigenvalue weighted by Gasteiger charge is -2.12. The molecule has 2 N–H and O–H groups in total. The van der Waals surface area contributed by atoms with Gasteiger partial charge in [-0.15, -0.1) is 0 Å². The number of aliphatic carboxylic acids is 1. The Morgan fingerprint density at radius 1 is 1.40 bits per heavy atom. The standard InChI is InChI=1S/C11H12O4/c12-10(11(13)14)8-3-1-2-4-9(8)15-7-5-6-7/h1-4,7,10,12H,5-6H2,(H,13,14). The summed E-state index contributed by atoms with van der Waals surface area (Å²) in [6, 6.07) is 6.69. The minimum Gasteiger partial charge on any atom is -0.490 e. The number of carboxylic acid groups (broad SMARTS) is 1. The van der Waals surface area contributed by atoms with Gasteiger partial charge in [0.25, 0.3) is 0 Å². The molecule has 1 atom stereocenters. The molecule has 0 bridgehead atoms. The molecule has 15 heavy (non-hydrogen) atoms. The van der Waals surface area contributed by atoms with E-state index in [1.807, 2.05) is 0 Å². The predicted octanol–water partition coefficient (Wildman–Crippen LogP) is 1.35. The fourth-order valence-electron chi connectivity index (χ4n) is 1.31. The molecular weight excluding hydrogens is 196 g/mol. The third kappa shape index (κ3) is 2.27. The summed E-state index contributed by atoms with van der Waals surface area (Å²) in [7, 11) is 0. The minimum atomic E-state index is -1.51. The summed E-state index contributed by atoms with van der Waals surface area (Å²) in [5, 5.41) is 18.1. The van der Waals surface area contributed by atoms with E-state index in [2.05, 4.69) is 0 Å². The van der Waals surface area contributed by atoms with Gasteiger partial charge in [0, 0.05) is 5.56 Å². The van der Waals surface area contributed by atoms with Crippen LogP contribution < -0.4 is 4.74 Å². The maximum absolute atomic E-state index is 10.6. The van der Waals surface area contributed by atoms with E-state index in [-0.39, 0.29) is 6.10 Å². The molecule has 1 fully saturated rings. The number of carbonyl (C=O) groups is 1. The normalized spacial score (nSPS) is 17.1. The van der Waals surface area contributed by atoms with Crippen LogP contribution in [-0.4, -0.2) is 22.3 Å². The highest BCUT2D eigenvalue weighted by atomic mass is 16.5. The summed E-state index contributed by atoms with van der Waals surface area (Å²) >= 11 is 0. The lowest BCUT2D eigenvalue weighted by Crippen LogP contribution is -2.12. The summed E-state index contributed by atoms with van der Waals surface area (Å²) in [4.78, 5) is 10.6. The maximum atomic E-state index is 10.6. The molecule has 0 heterocycles. The van der Waals surface area contributed by atoms with E-state index in [0.717, 1.165) is 12.8 Å². The number of rotatable bonds is 4. The molecular formula is C11H12O4. The Labute approximate surface area is 87.1 Å². The van der Waals surface area contributed by atoms with Crippen LogP contribution in [0, 0.1) is 0 Å². The van der Waals surface area contributed by atoms with Crippen molar-refractivity contribution in [2.24, 2.45) is 0 Å². The molecule has 0 spiro atoms. The molecule has 1 aromatic carbocycles. The molecule has 1 aromatic rings. The van der Waals surface area contributed by atoms with Gasteiger partial charge in [0.05, 0.1) is 6.10 Å². The molecule has 1 aliphatic rings. The van der Waals surface area contributed by atoms with Gasteiger partial charge in [0.15, 0.2) is 6.10 Å². The Morgan fingerprint density at radius 3 is 2.67 bits per heavy atom. The van der Waals surface area contributed by atoms with E-state index in [0.29, 0.717) is 11.3 Å². The fourth-order valence-corrected chi connectivity index (χ4v) is 1.31. The number of para-hydroxylation sites is 1. The van der Waals surface area contributed by atoms with Crippen LogP contribution in [0.15, 0.2) is 24.3 Å². The number of hydrogen-bond acceptors (Lipinski definition) is 3. The molecule has 0 aliphatic heterocycles. The van der Waals surface area contributed by atoms with Crippen molar-refractivity contribution in [1.29, 1.82) is 0 Å². The van der Waals surface area contributed by atoms with E-state index < -0.39 is 12.1 Å². The number of aliphatic hydroxyl groups excluding tert-OH is 1. The first-order valence-electron chi connectivity index (χ1n) is 4.85. The lowest BCUT2D eigenvalue weighted by atomic mass is 10.1. The highest BCUT2D eigenvalue weighted by molar-refractivity contribution is 5.75. The molecule has 1 aliphatic carbocycles. The Bertz CT molecular complexity index is 371. The highest BCUT2D eigenvalue weighted by Crippen LogP contribution is 2.31. The molecule has 0 amide bonds. The van der Waals surface area contributed by atoms with Gasteiger partial charge >= 0.3 is 5.97 Å². The van der Waals surface area contributed by atoms with Crippen LogP contribution in [0.3, 0.4) is 0 Å². The molecule has 0 saturated heterocycles. The minimum absolute atomic E-state index is 0.187. The van der Waals surface area contributed by atoms with Gasteiger partial charge in [0.2, 0.25) is 0 Å². The first kappa shape index (κ1) is 9.98. The number of benzene rings is 1. The topological polar surface area (TPSA) is 66.8 Å². The molecule has 1 unspecified atom stereocenters. The molecule has 4 heteroatoms. The molecule has 1 saturated carbocycles. The lowest BCUT2D eigenvalue weighted by molar-refractivity contribution is -0.147. The quantitative estimate of drug-likeness (QED) is 0.783. The van der Waals surface area contributed by atoms with Crippen LogP contribution in [0.4, 0.5) is 0 Å². The Kier molecular flexibility index (Phi) is 2.60. The van der Waals surface area contributed by atoms with Crippen LogP contribution in [0.25, 0.3) is 0 Å². The van der Waals surface area contributed by atoms with Crippen LogP contribution in [-0.2, 0) is 4.79 Å². The first-order valence-corrected chi connectivity index (χ1v) is 4.85. The summed E-state index contributed by atoms with van der Waals surface area (Å²) in [6.07, 6.45) is 0.668. The van der Waals surface area contributed by atoms with E-state index in [1.54, 1.807) is 24.3 Å². The van der Waals surface area contributed by atoms with Crippen molar-refractivity contribution in [3.8, 4) is 5.75 Å².